The zero-order valence-corrected chi connectivity index (χ0v) is 10.1. The van der Waals surface area contributed by atoms with Gasteiger partial charge in [-0.1, -0.05) is 0 Å². The van der Waals surface area contributed by atoms with E-state index in [1.165, 1.54) is 11.3 Å². The average molecular weight is 288 g/mol. The first-order chi connectivity index (χ1) is 7.09. The smallest absolute Gasteiger partial charge is 0.373 e. The van der Waals surface area contributed by atoms with E-state index in [9.17, 15) is 4.79 Å². The molecule has 2 heterocycles. The Kier molecular flexibility index (Phi) is 2.62. The predicted octanol–water partition coefficient (Wildman–Crippen LogP) is 3.17. The molecule has 0 spiro atoms. The van der Waals surface area contributed by atoms with Crippen molar-refractivity contribution in [3.05, 3.63) is 27.4 Å². The van der Waals surface area contributed by atoms with Crippen molar-refractivity contribution in [2.75, 3.05) is 0 Å². The number of aryl methyl sites for hydroxylation is 1. The minimum atomic E-state index is -1.10. The van der Waals surface area contributed by atoms with Crippen molar-refractivity contribution >= 4 is 33.2 Å². The quantitative estimate of drug-likeness (QED) is 0.921. The molecule has 0 aromatic carbocycles. The Morgan fingerprint density at radius 2 is 2.40 bits per heavy atom. The molecule has 0 amide bonds. The molecule has 2 rings (SSSR count). The van der Waals surface area contributed by atoms with Crippen LogP contribution in [-0.2, 0) is 0 Å². The van der Waals surface area contributed by atoms with Crippen molar-refractivity contribution in [1.82, 2.24) is 4.98 Å². The highest BCUT2D eigenvalue weighted by Crippen LogP contribution is 2.33. The van der Waals surface area contributed by atoms with E-state index in [0.29, 0.717) is 11.6 Å². The van der Waals surface area contributed by atoms with Crippen molar-refractivity contribution in [3.8, 4) is 10.8 Å². The third kappa shape index (κ3) is 1.82. The highest BCUT2D eigenvalue weighted by atomic mass is 79.9. The zero-order chi connectivity index (χ0) is 11.0. The first-order valence-electron chi connectivity index (χ1n) is 4.03. The van der Waals surface area contributed by atoms with E-state index in [-0.39, 0.29) is 5.76 Å². The van der Waals surface area contributed by atoms with Crippen molar-refractivity contribution in [2.24, 2.45) is 0 Å². The summed E-state index contributed by atoms with van der Waals surface area (Å²) in [6.45, 7) is 1.61. The van der Waals surface area contributed by atoms with Crippen LogP contribution < -0.4 is 0 Å². The third-order valence-electron chi connectivity index (χ3n) is 1.80. The summed E-state index contributed by atoms with van der Waals surface area (Å²) in [5.41, 5.74) is 0.387. The van der Waals surface area contributed by atoms with E-state index in [0.717, 1.165) is 9.35 Å². The van der Waals surface area contributed by atoms with Gasteiger partial charge in [0.05, 0.1) is 5.69 Å². The first-order valence-corrected chi connectivity index (χ1v) is 5.71. The zero-order valence-electron chi connectivity index (χ0n) is 7.65. The molecule has 4 nitrogen and oxygen atoms in total. The van der Waals surface area contributed by atoms with Gasteiger partial charge in [0.15, 0.2) is 0 Å². The number of carbonyl (C=O) groups is 1. The molecule has 0 radical (unpaired) electrons. The number of aromatic nitrogens is 1. The van der Waals surface area contributed by atoms with Crippen LogP contribution in [0.4, 0.5) is 0 Å². The summed E-state index contributed by atoms with van der Waals surface area (Å²) < 4.78 is 6.02. The van der Waals surface area contributed by atoms with Crippen LogP contribution in [0.5, 0.6) is 0 Å². The Bertz CT molecular complexity index is 517. The number of aromatic carboxylic acids is 1. The molecule has 0 saturated heterocycles. The van der Waals surface area contributed by atoms with Crippen LogP contribution in [0, 0.1) is 6.92 Å². The molecule has 2 aromatic rings. The summed E-state index contributed by atoms with van der Waals surface area (Å²) in [5, 5.41) is 10.7. The van der Waals surface area contributed by atoms with Crippen molar-refractivity contribution in [2.45, 2.75) is 6.92 Å². The van der Waals surface area contributed by atoms with Gasteiger partial charge in [-0.25, -0.2) is 9.78 Å². The van der Waals surface area contributed by atoms with Gasteiger partial charge in [-0.15, -0.1) is 11.3 Å². The normalized spacial score (nSPS) is 10.5. The monoisotopic (exact) mass is 287 g/mol. The summed E-state index contributed by atoms with van der Waals surface area (Å²) in [7, 11) is 0. The maximum Gasteiger partial charge on any atom is 0.373 e. The van der Waals surface area contributed by atoms with E-state index >= 15 is 0 Å². The number of carboxylic acid groups (broad SMARTS) is 1. The molecule has 6 heteroatoms. The van der Waals surface area contributed by atoms with Gasteiger partial charge in [0.25, 0.3) is 0 Å². The molecule has 1 N–H and O–H groups in total. The largest absolute Gasteiger partial charge is 0.475 e. The van der Waals surface area contributed by atoms with E-state index < -0.39 is 5.97 Å². The molecule has 2 aromatic heterocycles. The minimum absolute atomic E-state index is 0.106. The molecule has 0 fully saturated rings. The molecular weight excluding hydrogens is 282 g/mol. The topological polar surface area (TPSA) is 63.3 Å². The Morgan fingerprint density at radius 3 is 2.87 bits per heavy atom. The van der Waals surface area contributed by atoms with Gasteiger partial charge in [0, 0.05) is 4.47 Å². The lowest BCUT2D eigenvalue weighted by Crippen LogP contribution is -1.95. The predicted molar refractivity (Wildman–Crippen MR) is 59.2 cm³/mol. The van der Waals surface area contributed by atoms with Crippen molar-refractivity contribution < 1.29 is 14.3 Å². The lowest BCUT2D eigenvalue weighted by atomic mass is 10.4. The van der Waals surface area contributed by atoms with Gasteiger partial charge < -0.3 is 9.52 Å². The highest BCUT2D eigenvalue weighted by molar-refractivity contribution is 9.10. The summed E-state index contributed by atoms with van der Waals surface area (Å²) >= 11 is 4.78. The third-order valence-corrected chi connectivity index (χ3v) is 3.63. The van der Waals surface area contributed by atoms with E-state index in [1.54, 1.807) is 6.92 Å². The fourth-order valence-corrected chi connectivity index (χ4v) is 2.60. The van der Waals surface area contributed by atoms with Gasteiger partial charge >= 0.3 is 5.97 Å². The Morgan fingerprint density at radius 1 is 1.67 bits per heavy atom. The molecule has 78 valence electrons. The minimum Gasteiger partial charge on any atom is -0.475 e. The van der Waals surface area contributed by atoms with Crippen molar-refractivity contribution in [1.29, 1.82) is 0 Å². The lowest BCUT2D eigenvalue weighted by Gasteiger charge is -1.89. The summed E-state index contributed by atoms with van der Waals surface area (Å²) in [6.07, 6.45) is 0. The SMILES string of the molecule is Cc1nc(-c2sccc2Br)oc1C(=O)O. The van der Waals surface area contributed by atoms with E-state index in [4.69, 9.17) is 9.52 Å². The number of carboxylic acids is 1. The molecule has 0 saturated carbocycles. The van der Waals surface area contributed by atoms with Crippen LogP contribution >= 0.6 is 27.3 Å². The molecule has 0 atom stereocenters. The fraction of sp³-hybridized carbons (Fsp3) is 0.111. The second-order valence-electron chi connectivity index (χ2n) is 2.84. The average Bonchev–Trinajstić information content (AvgIpc) is 2.71. The summed E-state index contributed by atoms with van der Waals surface area (Å²) in [4.78, 5) is 15.6. The second-order valence-corrected chi connectivity index (χ2v) is 4.61. The van der Waals surface area contributed by atoms with Crippen LogP contribution in [0.1, 0.15) is 16.2 Å². The Labute approximate surface area is 97.7 Å². The second kappa shape index (κ2) is 3.79. The standard InChI is InChI=1S/C9H6BrNO3S/c1-4-6(9(12)13)14-8(11-4)7-5(10)2-3-15-7/h2-3H,1H3,(H,12,13). The van der Waals surface area contributed by atoms with E-state index in [1.807, 2.05) is 11.4 Å². The van der Waals surface area contributed by atoms with Gasteiger partial charge in [-0.2, -0.15) is 0 Å². The van der Waals surface area contributed by atoms with Crippen molar-refractivity contribution in [3.63, 3.8) is 0 Å². The maximum atomic E-state index is 10.7. The van der Waals surface area contributed by atoms with Gasteiger partial charge in [0.2, 0.25) is 11.7 Å². The van der Waals surface area contributed by atoms with Crippen LogP contribution in [0.3, 0.4) is 0 Å². The molecule has 0 aliphatic heterocycles. The van der Waals surface area contributed by atoms with Crippen LogP contribution in [0.25, 0.3) is 10.8 Å². The highest BCUT2D eigenvalue weighted by Gasteiger charge is 2.19. The van der Waals surface area contributed by atoms with Gasteiger partial charge in [0.1, 0.15) is 4.88 Å². The fourth-order valence-electron chi connectivity index (χ4n) is 1.14. The molecule has 15 heavy (non-hydrogen) atoms. The van der Waals surface area contributed by atoms with Crippen LogP contribution in [-0.4, -0.2) is 16.1 Å². The Balaban J connectivity index is 2.52. The summed E-state index contributed by atoms with van der Waals surface area (Å²) in [6, 6.07) is 1.86. The van der Waals surface area contributed by atoms with Gasteiger partial charge in [-0.05, 0) is 34.3 Å². The number of nitrogens with zero attached hydrogens (tertiary/aromatic N) is 1. The number of hydrogen-bond donors (Lipinski definition) is 1. The molecular formula is C9H6BrNO3S. The van der Waals surface area contributed by atoms with Crippen LogP contribution in [0.15, 0.2) is 20.3 Å². The number of rotatable bonds is 2. The number of oxazole rings is 1. The number of hydrogen-bond acceptors (Lipinski definition) is 4. The molecule has 0 unspecified atom stereocenters. The number of halogens is 1. The number of thiophene rings is 1. The Hall–Kier alpha value is -1.14. The molecule has 0 aliphatic rings. The van der Waals surface area contributed by atoms with Crippen LogP contribution in [0.2, 0.25) is 0 Å². The molecule has 0 bridgehead atoms. The first kappa shape index (κ1) is 10.4. The van der Waals surface area contributed by atoms with Gasteiger partial charge in [-0.3, -0.25) is 0 Å². The van der Waals surface area contributed by atoms with E-state index in [2.05, 4.69) is 20.9 Å². The maximum absolute atomic E-state index is 10.7. The lowest BCUT2D eigenvalue weighted by molar-refractivity contribution is 0.0662. The molecule has 0 aliphatic carbocycles. The summed E-state index contributed by atoms with van der Waals surface area (Å²) in [5.74, 6) is -0.865.